The molecule has 1 N–H and O–H groups in total. The average molecular weight is 746 g/mol. The minimum atomic E-state index is -1.24. The molecule has 2 aliphatic heterocycles. The van der Waals surface area contributed by atoms with Crippen LogP contribution < -0.4 is 14.5 Å². The lowest BCUT2D eigenvalue weighted by molar-refractivity contribution is -0.131. The first-order valence-electron chi connectivity index (χ1n) is 16.8. The van der Waals surface area contributed by atoms with Crippen LogP contribution in [0.3, 0.4) is 0 Å². The second kappa shape index (κ2) is 12.2. The number of methoxy groups -OCH3 is 1. The molecule has 4 aliphatic rings. The number of allylic oxidation sites excluding steroid dienone is 2. The Labute approximate surface area is 302 Å². The minimum absolute atomic E-state index is 0.101. The average Bonchev–Trinajstić information content (AvgIpc) is 3.52. The summed E-state index contributed by atoms with van der Waals surface area (Å²) in [7, 11) is 1.44. The zero-order valence-corrected chi connectivity index (χ0v) is 29.4. The summed E-state index contributed by atoms with van der Waals surface area (Å²) >= 11 is 3.44. The van der Waals surface area contributed by atoms with Crippen molar-refractivity contribution in [1.82, 2.24) is 0 Å². The zero-order valence-electron chi connectivity index (χ0n) is 27.8. The SMILES string of the molecule is COc1cc([C@H]2C3=CC[C@@H]4C(=O)N(c5ccc(C(=O)c6ccccc6)cc5)C(=O)[C@@H]4[C@@H]3C[C@H]3C(=O)N(c4ccccc4)C(=O)[C@@]23C)cc(Br)c1O. The summed E-state index contributed by atoms with van der Waals surface area (Å²) in [6.07, 6.45) is 2.46. The standard InChI is InChI=1S/C41H33BrN2O7/c1-41-30(38(48)44(40(41)50)25-11-7-4-8-12-25)21-29-27(34(41)24-19-31(42)36(46)32(20-24)51-2)17-18-28-33(29)39(49)43(37(28)47)26-15-13-23(14-16-26)35(45)22-9-5-3-6-10-22/h3-17,19-20,28-30,33-34,46H,18,21H2,1-2H3/t28-,29+,30-,33-,34-,41+/m0/s1. The smallest absolute Gasteiger partial charge is 0.241 e. The second-order valence-corrected chi connectivity index (χ2v) is 14.7. The molecule has 0 spiro atoms. The van der Waals surface area contributed by atoms with Crippen LogP contribution in [-0.4, -0.2) is 41.6 Å². The number of fused-ring (bicyclic) bond motifs is 4. The number of nitrogens with zero attached hydrogens (tertiary/aromatic N) is 2. The van der Waals surface area contributed by atoms with Gasteiger partial charge >= 0.3 is 0 Å². The molecule has 2 saturated heterocycles. The minimum Gasteiger partial charge on any atom is -0.503 e. The highest BCUT2D eigenvalue weighted by Crippen LogP contribution is 2.64. The number of phenolic OH excluding ortho intramolecular Hbond substituents is 1. The van der Waals surface area contributed by atoms with E-state index in [0.29, 0.717) is 32.5 Å². The Bertz CT molecular complexity index is 2170. The highest BCUT2D eigenvalue weighted by atomic mass is 79.9. The van der Waals surface area contributed by atoms with Crippen LogP contribution in [0.5, 0.6) is 11.5 Å². The summed E-state index contributed by atoms with van der Waals surface area (Å²) in [4.78, 5) is 73.1. The summed E-state index contributed by atoms with van der Waals surface area (Å²) in [5, 5.41) is 10.7. The highest BCUT2D eigenvalue weighted by molar-refractivity contribution is 9.10. The largest absolute Gasteiger partial charge is 0.503 e. The van der Waals surface area contributed by atoms with Crippen molar-refractivity contribution in [2.45, 2.75) is 25.7 Å². The summed E-state index contributed by atoms with van der Waals surface area (Å²) < 4.78 is 5.86. The number of phenols is 1. The van der Waals surface area contributed by atoms with Gasteiger partial charge in [0.05, 0.1) is 46.1 Å². The van der Waals surface area contributed by atoms with Gasteiger partial charge in [0.25, 0.3) is 0 Å². The van der Waals surface area contributed by atoms with Crippen LogP contribution in [0.1, 0.15) is 47.2 Å². The van der Waals surface area contributed by atoms with E-state index in [1.165, 1.54) is 16.9 Å². The highest BCUT2D eigenvalue weighted by Gasteiger charge is 2.67. The molecule has 6 atom stereocenters. The van der Waals surface area contributed by atoms with Crippen molar-refractivity contribution in [1.29, 1.82) is 0 Å². The Morgan fingerprint density at radius 2 is 1.43 bits per heavy atom. The van der Waals surface area contributed by atoms with E-state index in [1.54, 1.807) is 84.9 Å². The molecule has 0 radical (unpaired) electrons. The number of aromatic hydroxyl groups is 1. The van der Waals surface area contributed by atoms with E-state index in [4.69, 9.17) is 4.74 Å². The third-order valence-electron chi connectivity index (χ3n) is 11.3. The first-order chi connectivity index (χ1) is 24.6. The van der Waals surface area contributed by atoms with E-state index in [0.717, 1.165) is 5.57 Å². The number of rotatable bonds is 6. The van der Waals surface area contributed by atoms with Crippen LogP contribution >= 0.6 is 15.9 Å². The van der Waals surface area contributed by atoms with Crippen LogP contribution in [0, 0.1) is 29.1 Å². The zero-order chi connectivity index (χ0) is 35.8. The van der Waals surface area contributed by atoms with Gasteiger partial charge in [-0.15, -0.1) is 0 Å². The molecule has 2 aliphatic carbocycles. The van der Waals surface area contributed by atoms with Gasteiger partial charge in [-0.05, 0) is 95.7 Å². The molecule has 4 aromatic carbocycles. The molecule has 10 heteroatoms. The van der Waals surface area contributed by atoms with Gasteiger partial charge in [0.15, 0.2) is 17.3 Å². The van der Waals surface area contributed by atoms with E-state index >= 15 is 0 Å². The van der Waals surface area contributed by atoms with Crippen molar-refractivity contribution in [2.24, 2.45) is 29.1 Å². The van der Waals surface area contributed by atoms with Gasteiger partial charge in [0, 0.05) is 17.0 Å². The van der Waals surface area contributed by atoms with Crippen molar-refractivity contribution in [2.75, 3.05) is 16.9 Å². The number of para-hydroxylation sites is 1. The normalized spacial score (nSPS) is 26.8. The molecule has 256 valence electrons. The van der Waals surface area contributed by atoms with Crippen LogP contribution in [0.4, 0.5) is 11.4 Å². The molecule has 0 bridgehead atoms. The first-order valence-corrected chi connectivity index (χ1v) is 17.6. The number of halogens is 1. The van der Waals surface area contributed by atoms with Crippen molar-refractivity contribution >= 4 is 56.7 Å². The lowest BCUT2D eigenvalue weighted by Gasteiger charge is -2.49. The molecular weight excluding hydrogens is 712 g/mol. The van der Waals surface area contributed by atoms with Gasteiger partial charge in [0.1, 0.15) is 0 Å². The monoisotopic (exact) mass is 744 g/mol. The Morgan fingerprint density at radius 3 is 2.10 bits per heavy atom. The molecule has 2 heterocycles. The predicted octanol–water partition coefficient (Wildman–Crippen LogP) is 6.83. The summed E-state index contributed by atoms with van der Waals surface area (Å²) in [5.74, 6) is -4.86. The van der Waals surface area contributed by atoms with E-state index in [-0.39, 0.29) is 53.8 Å². The molecule has 9 nitrogen and oxygen atoms in total. The van der Waals surface area contributed by atoms with E-state index in [9.17, 15) is 29.1 Å². The number of ether oxygens (including phenoxy) is 1. The maximum Gasteiger partial charge on any atom is 0.241 e. The van der Waals surface area contributed by atoms with Crippen molar-refractivity contribution in [3.8, 4) is 11.5 Å². The van der Waals surface area contributed by atoms with Gasteiger partial charge in [0.2, 0.25) is 23.6 Å². The maximum absolute atomic E-state index is 14.6. The van der Waals surface area contributed by atoms with Gasteiger partial charge in [-0.2, -0.15) is 0 Å². The van der Waals surface area contributed by atoms with Crippen molar-refractivity contribution in [3.63, 3.8) is 0 Å². The third kappa shape index (κ3) is 4.83. The lowest BCUT2D eigenvalue weighted by Crippen LogP contribution is -2.48. The fourth-order valence-corrected chi connectivity index (χ4v) is 9.37. The maximum atomic E-state index is 14.6. The molecule has 0 unspecified atom stereocenters. The van der Waals surface area contributed by atoms with Crippen LogP contribution in [0.15, 0.2) is 113 Å². The van der Waals surface area contributed by atoms with Crippen molar-refractivity contribution in [3.05, 3.63) is 130 Å². The number of hydrogen-bond acceptors (Lipinski definition) is 7. The number of ketones is 1. The molecule has 1 saturated carbocycles. The fraction of sp³-hybridized carbons (Fsp3) is 0.244. The number of imide groups is 2. The summed E-state index contributed by atoms with van der Waals surface area (Å²) in [6.45, 7) is 1.81. The van der Waals surface area contributed by atoms with Crippen LogP contribution in [-0.2, 0) is 19.2 Å². The Hall–Kier alpha value is -5.35. The number of amides is 4. The van der Waals surface area contributed by atoms with Gasteiger partial charge in [-0.3, -0.25) is 28.9 Å². The van der Waals surface area contributed by atoms with Gasteiger partial charge in [-0.25, -0.2) is 4.90 Å². The summed E-state index contributed by atoms with van der Waals surface area (Å²) in [6, 6.07) is 27.6. The number of benzene rings is 4. The molecule has 0 aromatic heterocycles. The number of carbonyl (C=O) groups excluding carboxylic acids is 5. The second-order valence-electron chi connectivity index (χ2n) is 13.8. The third-order valence-corrected chi connectivity index (χ3v) is 11.9. The Balaban J connectivity index is 1.20. The number of hydrogen-bond donors (Lipinski definition) is 1. The van der Waals surface area contributed by atoms with Crippen molar-refractivity contribution < 1.29 is 33.8 Å². The van der Waals surface area contributed by atoms with Crippen LogP contribution in [0.25, 0.3) is 0 Å². The molecule has 4 amide bonds. The predicted molar refractivity (Wildman–Crippen MR) is 192 cm³/mol. The molecule has 8 rings (SSSR count). The fourth-order valence-electron chi connectivity index (χ4n) is 8.91. The Morgan fingerprint density at radius 1 is 0.804 bits per heavy atom. The van der Waals surface area contributed by atoms with E-state index in [1.807, 2.05) is 25.1 Å². The molecular formula is C41H33BrN2O7. The lowest BCUT2D eigenvalue weighted by atomic mass is 9.51. The van der Waals surface area contributed by atoms with Crippen LogP contribution in [0.2, 0.25) is 0 Å². The first kappa shape index (κ1) is 32.8. The Kier molecular flexibility index (Phi) is 7.83. The topological polar surface area (TPSA) is 121 Å². The van der Waals surface area contributed by atoms with E-state index in [2.05, 4.69) is 15.9 Å². The number of carbonyl (C=O) groups is 5. The van der Waals surface area contributed by atoms with E-state index < -0.39 is 35.0 Å². The molecule has 4 aromatic rings. The van der Waals surface area contributed by atoms with Gasteiger partial charge in [-0.1, -0.05) is 60.2 Å². The number of anilines is 2. The molecule has 51 heavy (non-hydrogen) atoms. The molecule has 3 fully saturated rings. The quantitative estimate of drug-likeness (QED) is 0.131. The van der Waals surface area contributed by atoms with Gasteiger partial charge < -0.3 is 9.84 Å². The summed E-state index contributed by atoms with van der Waals surface area (Å²) in [5.41, 5.74) is 2.02.